The average Bonchev–Trinajstić information content (AvgIpc) is 3.52. The summed E-state index contributed by atoms with van der Waals surface area (Å²) in [5.74, 6) is 0.987. The second kappa shape index (κ2) is 10.8. The lowest BCUT2D eigenvalue weighted by atomic mass is 9.95. The number of thiazole rings is 1. The van der Waals surface area contributed by atoms with Crippen LogP contribution in [0.2, 0.25) is 0 Å². The van der Waals surface area contributed by atoms with E-state index in [1.165, 1.54) is 28.0 Å². The summed E-state index contributed by atoms with van der Waals surface area (Å²) in [6.07, 6.45) is 1.63. The van der Waals surface area contributed by atoms with Gasteiger partial charge >= 0.3 is 5.97 Å². The van der Waals surface area contributed by atoms with Gasteiger partial charge in [-0.15, -0.1) is 0 Å². The van der Waals surface area contributed by atoms with Gasteiger partial charge < -0.3 is 13.9 Å². The number of rotatable bonds is 7. The number of ether oxygens (including phenoxy) is 2. The lowest BCUT2D eigenvalue weighted by molar-refractivity contribution is -0.384. The number of nitro groups is 1. The Balaban J connectivity index is 1.62. The Morgan fingerprint density at radius 3 is 2.70 bits per heavy atom. The molecule has 1 atom stereocenters. The van der Waals surface area contributed by atoms with Crippen LogP contribution in [0.5, 0.6) is 5.75 Å². The average molecular weight is 560 g/mol. The number of carbonyl (C=O) groups is 1. The van der Waals surface area contributed by atoms with Gasteiger partial charge in [-0.2, -0.15) is 0 Å². The molecule has 11 heteroatoms. The summed E-state index contributed by atoms with van der Waals surface area (Å²) in [6, 6.07) is 14.4. The summed E-state index contributed by atoms with van der Waals surface area (Å²) in [6.45, 7) is 5.39. The maximum absolute atomic E-state index is 13.8. The van der Waals surface area contributed by atoms with E-state index >= 15 is 0 Å². The molecule has 4 aromatic rings. The third kappa shape index (κ3) is 4.87. The van der Waals surface area contributed by atoms with Crippen molar-refractivity contribution < 1.29 is 23.6 Å². The molecule has 0 saturated heterocycles. The van der Waals surface area contributed by atoms with Gasteiger partial charge in [0.1, 0.15) is 17.3 Å². The number of hydrogen-bond donors (Lipinski definition) is 0. The second-order valence-electron chi connectivity index (χ2n) is 9.04. The van der Waals surface area contributed by atoms with Gasteiger partial charge in [0.25, 0.3) is 11.2 Å². The van der Waals surface area contributed by atoms with E-state index in [1.54, 1.807) is 70.4 Å². The zero-order valence-electron chi connectivity index (χ0n) is 22.2. The largest absolute Gasteiger partial charge is 0.497 e. The van der Waals surface area contributed by atoms with E-state index in [4.69, 9.17) is 13.9 Å². The molecule has 0 saturated carbocycles. The zero-order valence-corrected chi connectivity index (χ0v) is 23.0. The number of nitro benzene ring substituents is 1. The predicted molar refractivity (Wildman–Crippen MR) is 149 cm³/mol. The van der Waals surface area contributed by atoms with E-state index in [2.05, 4.69) is 4.99 Å². The minimum atomic E-state index is -0.762. The van der Waals surface area contributed by atoms with Crippen molar-refractivity contribution in [2.45, 2.75) is 26.8 Å². The molecule has 0 amide bonds. The van der Waals surface area contributed by atoms with Crippen molar-refractivity contribution in [3.05, 3.63) is 113 Å². The van der Waals surface area contributed by atoms with Gasteiger partial charge in [0, 0.05) is 23.8 Å². The van der Waals surface area contributed by atoms with Crippen molar-refractivity contribution in [2.24, 2.45) is 4.99 Å². The Hall–Kier alpha value is -4.77. The van der Waals surface area contributed by atoms with Crippen LogP contribution in [0.1, 0.15) is 36.8 Å². The molecule has 204 valence electrons. The van der Waals surface area contributed by atoms with Crippen molar-refractivity contribution in [2.75, 3.05) is 13.7 Å². The van der Waals surface area contributed by atoms with Gasteiger partial charge in [-0.3, -0.25) is 19.5 Å². The first-order valence-electron chi connectivity index (χ1n) is 12.4. The summed E-state index contributed by atoms with van der Waals surface area (Å²) < 4.78 is 18.6. The fraction of sp³-hybridized carbons (Fsp3) is 0.207. The molecule has 5 rings (SSSR count). The van der Waals surface area contributed by atoms with Gasteiger partial charge in [-0.25, -0.2) is 9.79 Å². The molecule has 40 heavy (non-hydrogen) atoms. The Bertz CT molecular complexity index is 1860. The predicted octanol–water partition coefficient (Wildman–Crippen LogP) is 4.28. The number of aromatic nitrogens is 1. The molecule has 0 bridgehead atoms. The molecule has 10 nitrogen and oxygen atoms in total. The SMILES string of the molecule is CCOC(=O)C1=C(C)N=c2s/c(=C/c3ccc(-c4ccc([N+](=O)[O-])cc4C)o3)c(=O)n2[C@H]1c1cccc(OC)c1. The second-order valence-corrected chi connectivity index (χ2v) is 10.0. The molecule has 0 unspecified atom stereocenters. The lowest BCUT2D eigenvalue weighted by Gasteiger charge is -2.24. The van der Waals surface area contributed by atoms with Crippen LogP contribution in [0.4, 0.5) is 5.69 Å². The Morgan fingerprint density at radius 2 is 2.00 bits per heavy atom. The van der Waals surface area contributed by atoms with Crippen molar-refractivity contribution in [3.8, 4) is 17.1 Å². The topological polar surface area (TPSA) is 126 Å². The van der Waals surface area contributed by atoms with Crippen LogP contribution >= 0.6 is 11.3 Å². The molecule has 0 fully saturated rings. The normalized spacial score (nSPS) is 15.0. The summed E-state index contributed by atoms with van der Waals surface area (Å²) in [5, 5.41) is 11.1. The number of furan rings is 1. The number of fused-ring (bicyclic) bond motifs is 1. The number of methoxy groups -OCH3 is 1. The van der Waals surface area contributed by atoms with E-state index in [9.17, 15) is 19.7 Å². The monoisotopic (exact) mass is 559 g/mol. The van der Waals surface area contributed by atoms with Crippen LogP contribution in [0.3, 0.4) is 0 Å². The van der Waals surface area contributed by atoms with Gasteiger partial charge in [0.15, 0.2) is 4.80 Å². The molecule has 2 aromatic carbocycles. The van der Waals surface area contributed by atoms with Crippen LogP contribution < -0.4 is 19.6 Å². The van der Waals surface area contributed by atoms with Crippen LogP contribution in [-0.4, -0.2) is 29.2 Å². The fourth-order valence-corrected chi connectivity index (χ4v) is 5.69. The maximum Gasteiger partial charge on any atom is 0.338 e. The van der Waals surface area contributed by atoms with Crippen molar-refractivity contribution >= 4 is 29.1 Å². The van der Waals surface area contributed by atoms with Crippen LogP contribution in [0.25, 0.3) is 17.4 Å². The maximum atomic E-state index is 13.8. The van der Waals surface area contributed by atoms with E-state index < -0.39 is 16.9 Å². The Labute approximate surface area is 232 Å². The van der Waals surface area contributed by atoms with Crippen LogP contribution in [0.15, 0.2) is 80.1 Å². The highest BCUT2D eigenvalue weighted by atomic mass is 32.1. The molecular weight excluding hydrogens is 534 g/mol. The number of hydrogen-bond acceptors (Lipinski definition) is 9. The van der Waals surface area contributed by atoms with Gasteiger partial charge in [0.05, 0.1) is 40.5 Å². The van der Waals surface area contributed by atoms with Gasteiger partial charge in [-0.1, -0.05) is 23.5 Å². The molecule has 0 radical (unpaired) electrons. The summed E-state index contributed by atoms with van der Waals surface area (Å²) in [7, 11) is 1.55. The third-order valence-corrected chi connectivity index (χ3v) is 7.50. The number of non-ortho nitro benzene ring substituents is 1. The number of carbonyl (C=O) groups excluding carboxylic acids is 1. The van der Waals surface area contributed by atoms with E-state index in [0.29, 0.717) is 49.0 Å². The van der Waals surface area contributed by atoms with E-state index in [-0.39, 0.29) is 23.4 Å². The smallest absolute Gasteiger partial charge is 0.338 e. The van der Waals surface area contributed by atoms with Crippen LogP contribution in [0, 0.1) is 17.0 Å². The summed E-state index contributed by atoms with van der Waals surface area (Å²) >= 11 is 1.19. The molecule has 1 aliphatic rings. The number of aryl methyl sites for hydroxylation is 1. The van der Waals surface area contributed by atoms with Gasteiger partial charge in [0.2, 0.25) is 0 Å². The minimum Gasteiger partial charge on any atom is -0.497 e. The first-order valence-corrected chi connectivity index (χ1v) is 13.2. The molecule has 0 spiro atoms. The van der Waals surface area contributed by atoms with Crippen molar-refractivity contribution in [1.29, 1.82) is 0 Å². The molecule has 3 heterocycles. The quantitative estimate of drug-likeness (QED) is 0.188. The highest BCUT2D eigenvalue weighted by molar-refractivity contribution is 7.07. The van der Waals surface area contributed by atoms with E-state index in [1.807, 2.05) is 6.07 Å². The molecule has 0 N–H and O–H groups in total. The zero-order chi connectivity index (χ0) is 28.6. The van der Waals surface area contributed by atoms with E-state index in [0.717, 1.165) is 0 Å². The lowest BCUT2D eigenvalue weighted by Crippen LogP contribution is -2.39. The molecule has 2 aromatic heterocycles. The molecule has 0 aliphatic carbocycles. The minimum absolute atomic E-state index is 0.00258. The number of nitrogens with zero attached hydrogens (tertiary/aromatic N) is 3. The first kappa shape index (κ1) is 26.8. The Kier molecular flexibility index (Phi) is 7.22. The van der Waals surface area contributed by atoms with Crippen LogP contribution in [-0.2, 0) is 9.53 Å². The Morgan fingerprint density at radius 1 is 1.20 bits per heavy atom. The third-order valence-electron chi connectivity index (χ3n) is 6.51. The van der Waals surface area contributed by atoms with Gasteiger partial charge in [-0.05, 0) is 62.2 Å². The standard InChI is InChI=1S/C29H25N3O7S/c1-5-38-28(34)25-17(3)30-29-31(26(25)18-7-6-8-20(14-18)37-4)27(33)24(40-29)15-21-10-12-23(39-21)22-11-9-19(32(35)36)13-16(22)2/h6-15,26H,5H2,1-4H3/b24-15+/t26-/m0/s1. The highest BCUT2D eigenvalue weighted by Crippen LogP contribution is 2.32. The number of esters is 1. The first-order chi connectivity index (χ1) is 19.2. The molecule has 1 aliphatic heterocycles. The number of benzene rings is 2. The highest BCUT2D eigenvalue weighted by Gasteiger charge is 2.33. The summed E-state index contributed by atoms with van der Waals surface area (Å²) in [4.78, 5) is 42.5. The number of allylic oxidation sites excluding steroid dienone is 1. The molecular formula is C29H25N3O7S. The fourth-order valence-electron chi connectivity index (χ4n) is 4.66. The van der Waals surface area contributed by atoms with Crippen molar-refractivity contribution in [3.63, 3.8) is 0 Å². The summed E-state index contributed by atoms with van der Waals surface area (Å²) in [5.41, 5.74) is 2.48. The van der Waals surface area contributed by atoms with Crippen molar-refractivity contribution in [1.82, 2.24) is 4.57 Å².